The molecule has 0 radical (unpaired) electrons. The van der Waals surface area contributed by atoms with E-state index in [0.717, 1.165) is 25.2 Å². The standard InChI is InChI=1S/C15H24N4O/c1-2-16-15(20)14-12-13(6-8-18-14)17-7-5-11-19-9-3-4-10-19/h6,8,12H,2-5,7,9-11H2,1H3,(H,16,20)(H,17,18). The van der Waals surface area contributed by atoms with Crippen LogP contribution in [0.4, 0.5) is 5.69 Å². The van der Waals surface area contributed by atoms with Crippen molar-refractivity contribution in [1.29, 1.82) is 0 Å². The Kier molecular flexibility index (Phi) is 5.80. The van der Waals surface area contributed by atoms with Crippen LogP contribution in [-0.2, 0) is 0 Å². The highest BCUT2D eigenvalue weighted by Crippen LogP contribution is 2.10. The number of anilines is 1. The van der Waals surface area contributed by atoms with Crippen molar-refractivity contribution >= 4 is 11.6 Å². The van der Waals surface area contributed by atoms with Crippen LogP contribution in [0.25, 0.3) is 0 Å². The molecule has 0 aromatic carbocycles. The van der Waals surface area contributed by atoms with Crippen molar-refractivity contribution in [3.63, 3.8) is 0 Å². The van der Waals surface area contributed by atoms with E-state index in [1.807, 2.05) is 13.0 Å². The number of nitrogens with one attached hydrogen (secondary N) is 2. The van der Waals surface area contributed by atoms with Gasteiger partial charge in [0, 0.05) is 25.0 Å². The second-order valence-electron chi connectivity index (χ2n) is 5.12. The number of hydrogen-bond donors (Lipinski definition) is 2. The molecular formula is C15H24N4O. The first-order chi connectivity index (χ1) is 9.79. The zero-order valence-corrected chi connectivity index (χ0v) is 12.2. The zero-order chi connectivity index (χ0) is 14.2. The Balaban J connectivity index is 1.74. The van der Waals surface area contributed by atoms with Gasteiger partial charge in [-0.1, -0.05) is 0 Å². The summed E-state index contributed by atoms with van der Waals surface area (Å²) in [6, 6.07) is 3.71. The summed E-state index contributed by atoms with van der Waals surface area (Å²) in [5, 5.41) is 6.12. The molecule has 1 aliphatic heterocycles. The Morgan fingerprint density at radius 3 is 2.95 bits per heavy atom. The van der Waals surface area contributed by atoms with Crippen LogP contribution in [0, 0.1) is 0 Å². The summed E-state index contributed by atoms with van der Waals surface area (Å²) in [6.07, 6.45) is 5.48. The van der Waals surface area contributed by atoms with E-state index in [4.69, 9.17) is 0 Å². The van der Waals surface area contributed by atoms with Crippen molar-refractivity contribution in [2.45, 2.75) is 26.2 Å². The molecule has 2 N–H and O–H groups in total. The number of pyridine rings is 1. The minimum absolute atomic E-state index is 0.117. The number of carbonyl (C=O) groups is 1. The van der Waals surface area contributed by atoms with Gasteiger partial charge < -0.3 is 15.5 Å². The molecule has 5 nitrogen and oxygen atoms in total. The minimum atomic E-state index is -0.117. The summed E-state index contributed by atoms with van der Waals surface area (Å²) in [5.74, 6) is -0.117. The number of amides is 1. The first kappa shape index (κ1) is 14.8. The van der Waals surface area contributed by atoms with E-state index in [2.05, 4.69) is 20.5 Å². The van der Waals surface area contributed by atoms with E-state index in [1.165, 1.54) is 25.9 Å². The molecule has 0 atom stereocenters. The molecule has 0 unspecified atom stereocenters. The van der Waals surface area contributed by atoms with Crippen LogP contribution in [0.1, 0.15) is 36.7 Å². The van der Waals surface area contributed by atoms with Gasteiger partial charge in [-0.2, -0.15) is 0 Å². The van der Waals surface area contributed by atoms with Crippen LogP contribution in [0.3, 0.4) is 0 Å². The number of nitrogens with zero attached hydrogens (tertiary/aromatic N) is 2. The molecule has 1 aromatic heterocycles. The number of carbonyl (C=O) groups excluding carboxylic acids is 1. The molecule has 1 saturated heterocycles. The third-order valence-electron chi connectivity index (χ3n) is 3.51. The SMILES string of the molecule is CCNC(=O)c1cc(NCCCN2CCCC2)ccn1. The molecule has 0 saturated carbocycles. The van der Waals surface area contributed by atoms with Crippen molar-refractivity contribution in [3.8, 4) is 0 Å². The molecule has 1 fully saturated rings. The van der Waals surface area contributed by atoms with Crippen molar-refractivity contribution < 1.29 is 4.79 Å². The van der Waals surface area contributed by atoms with Gasteiger partial charge in [0.25, 0.3) is 5.91 Å². The second-order valence-corrected chi connectivity index (χ2v) is 5.12. The van der Waals surface area contributed by atoms with Gasteiger partial charge in [0.2, 0.25) is 0 Å². The van der Waals surface area contributed by atoms with E-state index < -0.39 is 0 Å². The maximum Gasteiger partial charge on any atom is 0.269 e. The summed E-state index contributed by atoms with van der Waals surface area (Å²) < 4.78 is 0. The Labute approximate surface area is 120 Å². The zero-order valence-electron chi connectivity index (χ0n) is 12.2. The third-order valence-corrected chi connectivity index (χ3v) is 3.51. The molecule has 20 heavy (non-hydrogen) atoms. The summed E-state index contributed by atoms with van der Waals surface area (Å²) in [5.41, 5.74) is 1.43. The van der Waals surface area contributed by atoms with Gasteiger partial charge >= 0.3 is 0 Å². The number of hydrogen-bond acceptors (Lipinski definition) is 4. The Morgan fingerprint density at radius 2 is 2.20 bits per heavy atom. The van der Waals surface area contributed by atoms with E-state index in [-0.39, 0.29) is 5.91 Å². The highest BCUT2D eigenvalue weighted by Gasteiger charge is 2.10. The highest BCUT2D eigenvalue weighted by atomic mass is 16.1. The van der Waals surface area contributed by atoms with Gasteiger partial charge in [0.15, 0.2) is 0 Å². The summed E-state index contributed by atoms with van der Waals surface area (Å²) in [6.45, 7) is 7.09. The monoisotopic (exact) mass is 276 g/mol. The summed E-state index contributed by atoms with van der Waals surface area (Å²) >= 11 is 0. The molecule has 2 heterocycles. The number of likely N-dealkylation sites (tertiary alicyclic amines) is 1. The summed E-state index contributed by atoms with van der Waals surface area (Å²) in [7, 11) is 0. The van der Waals surface area contributed by atoms with Crippen LogP contribution in [0.2, 0.25) is 0 Å². The molecule has 1 amide bonds. The normalized spacial score (nSPS) is 15.2. The molecule has 1 aromatic rings. The fraction of sp³-hybridized carbons (Fsp3) is 0.600. The molecule has 110 valence electrons. The van der Waals surface area contributed by atoms with E-state index in [1.54, 1.807) is 12.3 Å². The largest absolute Gasteiger partial charge is 0.385 e. The predicted octanol–water partition coefficient (Wildman–Crippen LogP) is 1.73. The van der Waals surface area contributed by atoms with Gasteiger partial charge in [-0.3, -0.25) is 9.78 Å². The molecule has 0 bridgehead atoms. The summed E-state index contributed by atoms with van der Waals surface area (Å²) in [4.78, 5) is 18.3. The van der Waals surface area contributed by atoms with Crippen molar-refractivity contribution in [1.82, 2.24) is 15.2 Å². The molecule has 5 heteroatoms. The predicted molar refractivity (Wildman–Crippen MR) is 81.0 cm³/mol. The molecule has 0 spiro atoms. The first-order valence-electron chi connectivity index (χ1n) is 7.50. The lowest BCUT2D eigenvalue weighted by Gasteiger charge is -2.14. The highest BCUT2D eigenvalue weighted by molar-refractivity contribution is 5.93. The van der Waals surface area contributed by atoms with Gasteiger partial charge in [0.05, 0.1) is 0 Å². The van der Waals surface area contributed by atoms with E-state index >= 15 is 0 Å². The van der Waals surface area contributed by atoms with Gasteiger partial charge in [-0.05, 0) is 58.0 Å². The van der Waals surface area contributed by atoms with E-state index in [9.17, 15) is 4.79 Å². The van der Waals surface area contributed by atoms with Crippen molar-refractivity contribution in [3.05, 3.63) is 24.0 Å². The van der Waals surface area contributed by atoms with Crippen LogP contribution < -0.4 is 10.6 Å². The Hall–Kier alpha value is -1.62. The Morgan fingerprint density at radius 1 is 1.40 bits per heavy atom. The fourth-order valence-electron chi connectivity index (χ4n) is 2.46. The maximum absolute atomic E-state index is 11.7. The van der Waals surface area contributed by atoms with Crippen LogP contribution in [0.15, 0.2) is 18.3 Å². The lowest BCUT2D eigenvalue weighted by molar-refractivity contribution is 0.0951. The lowest BCUT2D eigenvalue weighted by Crippen LogP contribution is -2.24. The van der Waals surface area contributed by atoms with Crippen molar-refractivity contribution in [2.75, 3.05) is 38.0 Å². The van der Waals surface area contributed by atoms with Gasteiger partial charge in [0.1, 0.15) is 5.69 Å². The van der Waals surface area contributed by atoms with Crippen LogP contribution in [-0.4, -0.2) is 48.5 Å². The lowest BCUT2D eigenvalue weighted by atomic mass is 10.3. The third kappa shape index (κ3) is 4.49. The number of aromatic nitrogens is 1. The second kappa shape index (κ2) is 7.85. The molecular weight excluding hydrogens is 252 g/mol. The van der Waals surface area contributed by atoms with Gasteiger partial charge in [-0.25, -0.2) is 0 Å². The Bertz CT molecular complexity index is 430. The van der Waals surface area contributed by atoms with Crippen LogP contribution >= 0.6 is 0 Å². The van der Waals surface area contributed by atoms with Crippen molar-refractivity contribution in [2.24, 2.45) is 0 Å². The molecule has 0 aliphatic carbocycles. The quantitative estimate of drug-likeness (QED) is 0.745. The van der Waals surface area contributed by atoms with E-state index in [0.29, 0.717) is 12.2 Å². The molecule has 1 aliphatic rings. The van der Waals surface area contributed by atoms with Gasteiger partial charge in [-0.15, -0.1) is 0 Å². The first-order valence-corrected chi connectivity index (χ1v) is 7.50. The minimum Gasteiger partial charge on any atom is -0.385 e. The topological polar surface area (TPSA) is 57.3 Å². The maximum atomic E-state index is 11.7. The van der Waals surface area contributed by atoms with Crippen LogP contribution in [0.5, 0.6) is 0 Å². The fourth-order valence-corrected chi connectivity index (χ4v) is 2.46. The average Bonchev–Trinajstić information content (AvgIpc) is 2.97. The molecule has 2 rings (SSSR count). The smallest absolute Gasteiger partial charge is 0.269 e. The average molecular weight is 276 g/mol. The number of rotatable bonds is 7.